The van der Waals surface area contributed by atoms with Crippen LogP contribution in [0.3, 0.4) is 0 Å². The van der Waals surface area contributed by atoms with Crippen molar-refractivity contribution in [1.29, 1.82) is 0 Å². The Bertz CT molecular complexity index is 343. The number of alkyl halides is 1. The summed E-state index contributed by atoms with van der Waals surface area (Å²) in [6, 6.07) is 6.75. The van der Waals surface area contributed by atoms with Gasteiger partial charge in [0.1, 0.15) is 5.82 Å². The van der Waals surface area contributed by atoms with E-state index in [1.165, 1.54) is 17.7 Å². The van der Waals surface area contributed by atoms with Crippen LogP contribution in [0.15, 0.2) is 24.3 Å². The Morgan fingerprint density at radius 1 is 1.22 bits per heavy atom. The van der Waals surface area contributed by atoms with Gasteiger partial charge in [-0.05, 0) is 57.2 Å². The number of hydrogen-bond donors (Lipinski definition) is 0. The molecular formula is C15H22BrFO. The monoisotopic (exact) mass is 316 g/mol. The summed E-state index contributed by atoms with van der Waals surface area (Å²) in [5.74, 6) is 0.350. The molecule has 0 aliphatic rings. The van der Waals surface area contributed by atoms with E-state index in [1.54, 1.807) is 0 Å². The number of halogens is 2. The third-order valence-electron chi connectivity index (χ3n) is 2.72. The highest BCUT2D eigenvalue weighted by Crippen LogP contribution is 2.17. The first-order valence-corrected chi connectivity index (χ1v) is 7.47. The molecule has 0 N–H and O–H groups in total. The van der Waals surface area contributed by atoms with Crippen molar-refractivity contribution in [3.8, 4) is 0 Å². The molecule has 0 saturated carbocycles. The van der Waals surface area contributed by atoms with Gasteiger partial charge in [-0.15, -0.1) is 0 Å². The van der Waals surface area contributed by atoms with E-state index in [0.717, 1.165) is 24.8 Å². The third-order valence-corrected chi connectivity index (χ3v) is 3.63. The molecule has 1 atom stereocenters. The van der Waals surface area contributed by atoms with Crippen molar-refractivity contribution in [3.63, 3.8) is 0 Å². The highest BCUT2D eigenvalue weighted by Gasteiger charge is 2.13. The van der Waals surface area contributed by atoms with Crippen LogP contribution in [-0.2, 0) is 11.2 Å². The summed E-state index contributed by atoms with van der Waals surface area (Å²) in [6.45, 7) is 6.96. The quantitative estimate of drug-likeness (QED) is 0.698. The molecule has 0 bridgehead atoms. The maximum atomic E-state index is 12.8. The molecule has 3 heteroatoms. The van der Waals surface area contributed by atoms with Crippen molar-refractivity contribution >= 4 is 15.9 Å². The van der Waals surface area contributed by atoms with Crippen molar-refractivity contribution in [1.82, 2.24) is 0 Å². The minimum atomic E-state index is -0.176. The fraction of sp³-hybridized carbons (Fsp3) is 0.600. The third kappa shape index (κ3) is 6.50. The molecule has 1 aromatic rings. The van der Waals surface area contributed by atoms with Gasteiger partial charge in [-0.3, -0.25) is 0 Å². The second kappa shape index (κ2) is 7.25. The molecule has 1 nitrogen and oxygen atoms in total. The molecule has 0 radical (unpaired) electrons. The van der Waals surface area contributed by atoms with Crippen molar-refractivity contribution in [2.45, 2.75) is 39.2 Å². The Labute approximate surface area is 118 Å². The summed E-state index contributed by atoms with van der Waals surface area (Å²) >= 11 is 3.54. The van der Waals surface area contributed by atoms with Gasteiger partial charge in [-0.25, -0.2) is 4.39 Å². The fourth-order valence-electron chi connectivity index (χ4n) is 1.72. The van der Waals surface area contributed by atoms with Crippen LogP contribution in [0.5, 0.6) is 0 Å². The largest absolute Gasteiger partial charge is 0.376 e. The minimum Gasteiger partial charge on any atom is -0.376 e. The van der Waals surface area contributed by atoms with E-state index in [1.807, 2.05) is 12.1 Å². The van der Waals surface area contributed by atoms with Crippen molar-refractivity contribution in [3.05, 3.63) is 35.6 Å². The summed E-state index contributed by atoms with van der Waals surface area (Å²) < 4.78 is 18.5. The highest BCUT2D eigenvalue weighted by atomic mass is 79.9. The standard InChI is InChI=1S/C15H22BrFO/c1-15(2,3)18-9-8-13(11-16)10-12-4-6-14(17)7-5-12/h4-7,13H,8-11H2,1-3H3. The fourth-order valence-corrected chi connectivity index (χ4v) is 2.27. The van der Waals surface area contributed by atoms with Gasteiger partial charge in [-0.1, -0.05) is 28.1 Å². The van der Waals surface area contributed by atoms with Gasteiger partial charge < -0.3 is 4.74 Å². The zero-order valence-corrected chi connectivity index (χ0v) is 13.0. The molecule has 0 saturated heterocycles. The Balaban J connectivity index is 2.40. The molecule has 1 unspecified atom stereocenters. The normalized spacial score (nSPS) is 13.6. The lowest BCUT2D eigenvalue weighted by molar-refractivity contribution is -0.00821. The van der Waals surface area contributed by atoms with E-state index in [4.69, 9.17) is 4.74 Å². The van der Waals surface area contributed by atoms with Crippen LogP contribution in [0.25, 0.3) is 0 Å². The van der Waals surface area contributed by atoms with Crippen molar-refractivity contribution in [2.24, 2.45) is 5.92 Å². The van der Waals surface area contributed by atoms with E-state index in [9.17, 15) is 4.39 Å². The van der Waals surface area contributed by atoms with Crippen LogP contribution in [0.4, 0.5) is 4.39 Å². The van der Waals surface area contributed by atoms with Crippen LogP contribution in [0, 0.1) is 11.7 Å². The smallest absolute Gasteiger partial charge is 0.123 e. The SMILES string of the molecule is CC(C)(C)OCCC(CBr)Cc1ccc(F)cc1. The highest BCUT2D eigenvalue weighted by molar-refractivity contribution is 9.09. The minimum absolute atomic E-state index is 0.0766. The molecule has 0 aromatic heterocycles. The Kier molecular flexibility index (Phi) is 6.30. The zero-order chi connectivity index (χ0) is 13.6. The van der Waals surface area contributed by atoms with Crippen molar-refractivity contribution in [2.75, 3.05) is 11.9 Å². The Hall–Kier alpha value is -0.410. The topological polar surface area (TPSA) is 9.23 Å². The molecule has 0 aliphatic heterocycles. The van der Waals surface area contributed by atoms with Gasteiger partial charge in [0.15, 0.2) is 0 Å². The molecule has 102 valence electrons. The number of hydrogen-bond acceptors (Lipinski definition) is 1. The Morgan fingerprint density at radius 2 is 1.83 bits per heavy atom. The molecule has 1 rings (SSSR count). The first-order chi connectivity index (χ1) is 8.40. The molecule has 18 heavy (non-hydrogen) atoms. The van der Waals surface area contributed by atoms with Crippen LogP contribution >= 0.6 is 15.9 Å². The molecule has 0 fully saturated rings. The number of ether oxygens (including phenoxy) is 1. The molecule has 0 aliphatic carbocycles. The van der Waals surface area contributed by atoms with Crippen LogP contribution in [0.1, 0.15) is 32.8 Å². The lowest BCUT2D eigenvalue weighted by Gasteiger charge is -2.21. The summed E-state index contributed by atoms with van der Waals surface area (Å²) in [4.78, 5) is 0. The van der Waals surface area contributed by atoms with Gasteiger partial charge >= 0.3 is 0 Å². The van der Waals surface area contributed by atoms with Crippen molar-refractivity contribution < 1.29 is 9.13 Å². The van der Waals surface area contributed by atoms with Crippen LogP contribution < -0.4 is 0 Å². The van der Waals surface area contributed by atoms with E-state index in [2.05, 4.69) is 36.7 Å². The average molecular weight is 317 g/mol. The van der Waals surface area contributed by atoms with Gasteiger partial charge in [0.2, 0.25) is 0 Å². The summed E-state index contributed by atoms with van der Waals surface area (Å²) in [7, 11) is 0. The maximum absolute atomic E-state index is 12.8. The zero-order valence-electron chi connectivity index (χ0n) is 11.4. The van der Waals surface area contributed by atoms with Crippen LogP contribution in [-0.4, -0.2) is 17.5 Å². The van der Waals surface area contributed by atoms with Gasteiger partial charge in [0, 0.05) is 11.9 Å². The molecule has 0 spiro atoms. The summed E-state index contributed by atoms with van der Waals surface area (Å²) in [5.41, 5.74) is 1.10. The predicted octanol–water partition coefficient (Wildman–Crippen LogP) is 4.58. The summed E-state index contributed by atoms with van der Waals surface area (Å²) in [5, 5.41) is 0.942. The second-order valence-electron chi connectivity index (χ2n) is 5.60. The lowest BCUT2D eigenvalue weighted by atomic mass is 9.98. The molecule has 0 amide bonds. The van der Waals surface area contributed by atoms with E-state index >= 15 is 0 Å². The maximum Gasteiger partial charge on any atom is 0.123 e. The van der Waals surface area contributed by atoms with Crippen LogP contribution in [0.2, 0.25) is 0 Å². The average Bonchev–Trinajstić information content (AvgIpc) is 2.29. The number of benzene rings is 1. The summed E-state index contributed by atoms with van der Waals surface area (Å²) in [6.07, 6.45) is 1.97. The Morgan fingerprint density at radius 3 is 2.33 bits per heavy atom. The van der Waals surface area contributed by atoms with Gasteiger partial charge in [-0.2, -0.15) is 0 Å². The predicted molar refractivity (Wildman–Crippen MR) is 77.7 cm³/mol. The second-order valence-corrected chi connectivity index (χ2v) is 6.25. The first kappa shape index (κ1) is 15.6. The molecule has 1 aromatic carbocycles. The number of rotatable bonds is 6. The first-order valence-electron chi connectivity index (χ1n) is 6.35. The van der Waals surface area contributed by atoms with Gasteiger partial charge in [0.25, 0.3) is 0 Å². The van der Waals surface area contributed by atoms with E-state index in [-0.39, 0.29) is 11.4 Å². The molecule has 0 heterocycles. The molecular weight excluding hydrogens is 295 g/mol. The van der Waals surface area contributed by atoms with E-state index in [0.29, 0.717) is 5.92 Å². The lowest BCUT2D eigenvalue weighted by Crippen LogP contribution is -2.21. The van der Waals surface area contributed by atoms with Gasteiger partial charge in [0.05, 0.1) is 5.60 Å². The van der Waals surface area contributed by atoms with E-state index < -0.39 is 0 Å².